The Bertz CT molecular complexity index is 506. The lowest BCUT2D eigenvalue weighted by Crippen LogP contribution is -1.98. The van der Waals surface area contributed by atoms with Gasteiger partial charge in [-0.15, -0.1) is 0 Å². The Kier molecular flexibility index (Phi) is 2.61. The molecular weight excluding hydrogens is 208 g/mol. The van der Waals surface area contributed by atoms with Gasteiger partial charge in [0, 0.05) is 5.39 Å². The molecule has 2 rings (SSSR count). The highest BCUT2D eigenvalue weighted by Crippen LogP contribution is 2.25. The van der Waals surface area contributed by atoms with Crippen LogP contribution in [0.3, 0.4) is 0 Å². The third-order valence-electron chi connectivity index (χ3n) is 2.48. The van der Waals surface area contributed by atoms with Crippen LogP contribution in [0.25, 0.3) is 10.9 Å². The van der Waals surface area contributed by atoms with Crippen LogP contribution < -0.4 is 0 Å². The number of aryl methyl sites for hydroxylation is 1. The normalized spacial score (nSPS) is 11.3. The Hall–Kier alpha value is -1.15. The molecule has 3 heteroatoms. The third kappa shape index (κ3) is 1.82. The van der Waals surface area contributed by atoms with Crippen molar-refractivity contribution in [2.24, 2.45) is 0 Å². The number of benzene rings is 1. The topological polar surface area (TPSA) is 25.8 Å². The van der Waals surface area contributed by atoms with Crippen molar-refractivity contribution in [3.05, 3.63) is 34.7 Å². The molecule has 0 aliphatic carbocycles. The van der Waals surface area contributed by atoms with Crippen LogP contribution in [0.4, 0.5) is 0 Å². The average Bonchev–Trinajstić information content (AvgIpc) is 2.18. The summed E-state index contributed by atoms with van der Waals surface area (Å²) in [6, 6.07) is 6.12. The minimum Gasteiger partial charge on any atom is -0.222 e. The molecule has 78 valence electrons. The van der Waals surface area contributed by atoms with E-state index in [1.165, 1.54) is 0 Å². The summed E-state index contributed by atoms with van der Waals surface area (Å²) >= 11 is 5.92. The van der Waals surface area contributed by atoms with Crippen molar-refractivity contribution >= 4 is 22.5 Å². The standard InChI is InChI=1S/C12H13ClN2/c1-7(2)10-9-6-4-5-8(3)11(9)15-12(13)14-10/h4-7H,1-3H3. The van der Waals surface area contributed by atoms with E-state index in [9.17, 15) is 0 Å². The zero-order valence-corrected chi connectivity index (χ0v) is 9.84. The van der Waals surface area contributed by atoms with Crippen molar-refractivity contribution in [3.63, 3.8) is 0 Å². The van der Waals surface area contributed by atoms with Crippen LogP contribution in [-0.2, 0) is 0 Å². The second-order valence-electron chi connectivity index (χ2n) is 4.00. The molecule has 0 saturated heterocycles. The molecule has 0 saturated carbocycles. The molecule has 15 heavy (non-hydrogen) atoms. The third-order valence-corrected chi connectivity index (χ3v) is 2.65. The predicted molar refractivity (Wildman–Crippen MR) is 63.4 cm³/mol. The number of fused-ring (bicyclic) bond motifs is 1. The molecule has 1 heterocycles. The highest BCUT2D eigenvalue weighted by molar-refractivity contribution is 6.28. The van der Waals surface area contributed by atoms with E-state index in [1.54, 1.807) is 0 Å². The van der Waals surface area contributed by atoms with Crippen molar-refractivity contribution in [1.82, 2.24) is 9.97 Å². The number of halogens is 1. The maximum Gasteiger partial charge on any atom is 0.223 e. The number of para-hydroxylation sites is 1. The summed E-state index contributed by atoms with van der Waals surface area (Å²) in [5.74, 6) is 0.356. The van der Waals surface area contributed by atoms with Crippen LogP contribution in [0.15, 0.2) is 18.2 Å². The summed E-state index contributed by atoms with van der Waals surface area (Å²) in [7, 11) is 0. The smallest absolute Gasteiger partial charge is 0.222 e. The fraction of sp³-hybridized carbons (Fsp3) is 0.333. The Morgan fingerprint density at radius 2 is 1.93 bits per heavy atom. The molecule has 0 spiro atoms. The molecule has 0 aliphatic heterocycles. The van der Waals surface area contributed by atoms with E-state index in [0.29, 0.717) is 11.2 Å². The van der Waals surface area contributed by atoms with Crippen molar-refractivity contribution in [1.29, 1.82) is 0 Å². The second kappa shape index (κ2) is 3.78. The first-order chi connectivity index (χ1) is 7.09. The van der Waals surface area contributed by atoms with Gasteiger partial charge in [0.05, 0.1) is 11.2 Å². The summed E-state index contributed by atoms with van der Waals surface area (Å²) in [6.07, 6.45) is 0. The van der Waals surface area contributed by atoms with E-state index in [-0.39, 0.29) is 0 Å². The number of hydrogen-bond donors (Lipinski definition) is 0. The van der Waals surface area contributed by atoms with E-state index >= 15 is 0 Å². The van der Waals surface area contributed by atoms with Gasteiger partial charge in [-0.25, -0.2) is 9.97 Å². The maximum atomic E-state index is 5.92. The minimum atomic E-state index is 0.334. The first-order valence-electron chi connectivity index (χ1n) is 5.02. The maximum absolute atomic E-state index is 5.92. The largest absolute Gasteiger partial charge is 0.223 e. The minimum absolute atomic E-state index is 0.334. The summed E-state index contributed by atoms with van der Waals surface area (Å²) in [4.78, 5) is 8.57. The van der Waals surface area contributed by atoms with E-state index in [4.69, 9.17) is 11.6 Å². The molecule has 0 atom stereocenters. The zero-order chi connectivity index (χ0) is 11.0. The molecule has 0 unspecified atom stereocenters. The zero-order valence-electron chi connectivity index (χ0n) is 9.08. The van der Waals surface area contributed by atoms with Gasteiger partial charge in [0.25, 0.3) is 0 Å². The van der Waals surface area contributed by atoms with Crippen molar-refractivity contribution in [3.8, 4) is 0 Å². The van der Waals surface area contributed by atoms with Gasteiger partial charge < -0.3 is 0 Å². The van der Waals surface area contributed by atoms with Gasteiger partial charge in [-0.1, -0.05) is 32.0 Å². The molecule has 1 aromatic heterocycles. The van der Waals surface area contributed by atoms with Crippen LogP contribution in [0.1, 0.15) is 31.0 Å². The number of hydrogen-bond acceptors (Lipinski definition) is 2. The van der Waals surface area contributed by atoms with Crippen molar-refractivity contribution < 1.29 is 0 Å². The Balaban J connectivity index is 2.86. The van der Waals surface area contributed by atoms with E-state index < -0.39 is 0 Å². The van der Waals surface area contributed by atoms with Crippen LogP contribution in [-0.4, -0.2) is 9.97 Å². The predicted octanol–water partition coefficient (Wildman–Crippen LogP) is 3.72. The molecule has 1 aromatic carbocycles. The van der Waals surface area contributed by atoms with Gasteiger partial charge in [-0.3, -0.25) is 0 Å². The monoisotopic (exact) mass is 220 g/mol. The fourth-order valence-electron chi connectivity index (χ4n) is 1.73. The number of aromatic nitrogens is 2. The quantitative estimate of drug-likeness (QED) is 0.685. The Morgan fingerprint density at radius 3 is 2.60 bits per heavy atom. The highest BCUT2D eigenvalue weighted by atomic mass is 35.5. The lowest BCUT2D eigenvalue weighted by molar-refractivity contribution is 0.828. The molecule has 0 amide bonds. The van der Waals surface area contributed by atoms with Gasteiger partial charge in [0.2, 0.25) is 5.28 Å². The first kappa shape index (κ1) is 10.4. The van der Waals surface area contributed by atoms with Crippen molar-refractivity contribution in [2.45, 2.75) is 26.7 Å². The molecule has 2 aromatic rings. The second-order valence-corrected chi connectivity index (χ2v) is 4.34. The van der Waals surface area contributed by atoms with Gasteiger partial charge in [-0.2, -0.15) is 0 Å². The summed E-state index contributed by atoms with van der Waals surface area (Å²) in [5.41, 5.74) is 3.12. The Morgan fingerprint density at radius 1 is 1.20 bits per heavy atom. The lowest BCUT2D eigenvalue weighted by Gasteiger charge is -2.10. The van der Waals surface area contributed by atoms with Gasteiger partial charge in [0.15, 0.2) is 0 Å². The average molecular weight is 221 g/mol. The molecule has 0 N–H and O–H groups in total. The molecule has 0 aliphatic rings. The first-order valence-corrected chi connectivity index (χ1v) is 5.40. The number of rotatable bonds is 1. The summed E-state index contributed by atoms with van der Waals surface area (Å²) in [5, 5.41) is 1.44. The van der Waals surface area contributed by atoms with E-state index in [1.807, 2.05) is 25.1 Å². The van der Waals surface area contributed by atoms with E-state index in [2.05, 4.69) is 23.8 Å². The summed E-state index contributed by atoms with van der Waals surface area (Å²) in [6.45, 7) is 6.26. The van der Waals surface area contributed by atoms with Crippen molar-refractivity contribution in [2.75, 3.05) is 0 Å². The highest BCUT2D eigenvalue weighted by Gasteiger charge is 2.10. The Labute approximate surface area is 94.3 Å². The van der Waals surface area contributed by atoms with Crippen LogP contribution in [0.5, 0.6) is 0 Å². The molecule has 2 nitrogen and oxygen atoms in total. The molecule has 0 fully saturated rings. The molecular formula is C12H13ClN2. The summed E-state index contributed by atoms with van der Waals surface area (Å²) < 4.78 is 0. The number of nitrogens with zero attached hydrogens (tertiary/aromatic N) is 2. The van der Waals surface area contributed by atoms with Crippen LogP contribution in [0.2, 0.25) is 5.28 Å². The van der Waals surface area contributed by atoms with Gasteiger partial charge in [0.1, 0.15) is 0 Å². The molecule has 0 bridgehead atoms. The van der Waals surface area contributed by atoms with Gasteiger partial charge >= 0.3 is 0 Å². The van der Waals surface area contributed by atoms with E-state index in [0.717, 1.165) is 22.2 Å². The fourth-order valence-corrected chi connectivity index (χ4v) is 1.91. The van der Waals surface area contributed by atoms with Gasteiger partial charge in [-0.05, 0) is 30.0 Å². The lowest BCUT2D eigenvalue weighted by atomic mass is 10.0. The SMILES string of the molecule is Cc1cccc2c(C(C)C)nc(Cl)nc12. The molecule has 0 radical (unpaired) electrons. The van der Waals surface area contributed by atoms with Crippen LogP contribution in [0, 0.1) is 6.92 Å². The van der Waals surface area contributed by atoms with Crippen LogP contribution >= 0.6 is 11.6 Å².